The van der Waals surface area contributed by atoms with Crippen LogP contribution in [0.2, 0.25) is 0 Å². The Bertz CT molecular complexity index is 47.6. The Morgan fingerprint density at radius 2 is 2.20 bits per heavy atom. The maximum absolute atomic E-state index is 11.0. The summed E-state index contributed by atoms with van der Waals surface area (Å²) in [6.45, 7) is 0. The number of hydrogen-bond acceptors (Lipinski definition) is 0. The van der Waals surface area contributed by atoms with Crippen molar-refractivity contribution in [2.75, 3.05) is 0 Å². The molecular formula is C2HBrClF. The lowest BCUT2D eigenvalue weighted by molar-refractivity contribution is 0.698. The van der Waals surface area contributed by atoms with Gasteiger partial charge in [0.2, 0.25) is 0 Å². The Morgan fingerprint density at radius 3 is 2.20 bits per heavy atom. The van der Waals surface area contributed by atoms with E-state index in [9.17, 15) is 4.39 Å². The minimum Gasteiger partial charge on any atom is -0.193 e. The summed E-state index contributed by atoms with van der Waals surface area (Å²) in [5.41, 5.74) is 0. The van der Waals surface area contributed by atoms with Gasteiger partial charge < -0.3 is 0 Å². The average molecular weight is 159 g/mol. The summed E-state index contributed by atoms with van der Waals surface area (Å²) < 4.78 is 11.0. The molecule has 0 aliphatic heterocycles. The summed E-state index contributed by atoms with van der Waals surface area (Å²) in [4.78, 5) is 0.995. The third kappa shape index (κ3) is 4.44. The molecule has 0 aliphatic rings. The zero-order valence-electron chi connectivity index (χ0n) is 2.21. The van der Waals surface area contributed by atoms with Crippen LogP contribution in [-0.4, -0.2) is 0 Å². The van der Waals surface area contributed by atoms with Crippen molar-refractivity contribution in [3.63, 3.8) is 0 Å². The van der Waals surface area contributed by atoms with Gasteiger partial charge in [0.1, 0.15) is 0 Å². The minimum absolute atomic E-state index is 0.731. The van der Waals surface area contributed by atoms with Gasteiger partial charge in [0.15, 0.2) is 5.29 Å². The first-order valence-electron chi connectivity index (χ1n) is 0.885. The SMILES string of the molecule is F/C(Cl)=C/Br. The lowest BCUT2D eigenvalue weighted by Crippen LogP contribution is -1.36. The Kier molecular flexibility index (Phi) is 2.90. The molecule has 0 bridgehead atoms. The molecule has 0 heterocycles. The largest absolute Gasteiger partial charge is 0.195 e. The minimum atomic E-state index is -0.731. The predicted molar refractivity (Wildman–Crippen MR) is 24.0 cm³/mol. The molecule has 0 aliphatic carbocycles. The van der Waals surface area contributed by atoms with E-state index in [2.05, 4.69) is 27.5 Å². The maximum atomic E-state index is 11.0. The van der Waals surface area contributed by atoms with Crippen molar-refractivity contribution in [2.24, 2.45) is 0 Å². The first-order chi connectivity index (χ1) is 2.27. The molecule has 0 saturated heterocycles. The van der Waals surface area contributed by atoms with Crippen LogP contribution in [0.1, 0.15) is 0 Å². The van der Waals surface area contributed by atoms with E-state index in [1.54, 1.807) is 0 Å². The molecule has 0 aromatic carbocycles. The first kappa shape index (κ1) is 5.44. The molecule has 0 amide bonds. The van der Waals surface area contributed by atoms with E-state index in [-0.39, 0.29) is 0 Å². The molecule has 30 valence electrons. The van der Waals surface area contributed by atoms with Crippen molar-refractivity contribution >= 4 is 27.5 Å². The quantitative estimate of drug-likeness (QED) is 0.509. The molecular weight excluding hydrogens is 158 g/mol. The van der Waals surface area contributed by atoms with E-state index in [0.717, 1.165) is 4.99 Å². The fraction of sp³-hybridized carbons (Fsp3) is 0. The van der Waals surface area contributed by atoms with Crippen LogP contribution < -0.4 is 0 Å². The Balaban J connectivity index is 3.14. The smallest absolute Gasteiger partial charge is 0.193 e. The molecule has 0 aromatic heterocycles. The van der Waals surface area contributed by atoms with Gasteiger partial charge >= 0.3 is 0 Å². The summed E-state index contributed by atoms with van der Waals surface area (Å²) >= 11 is 7.25. The normalized spacial score (nSPS) is 12.2. The summed E-state index contributed by atoms with van der Waals surface area (Å²) in [7, 11) is 0. The van der Waals surface area contributed by atoms with Gasteiger partial charge in [-0.05, 0) is 0 Å². The highest BCUT2D eigenvalue weighted by atomic mass is 79.9. The Labute approximate surface area is 42.8 Å². The molecule has 0 aromatic rings. The summed E-state index contributed by atoms with van der Waals surface area (Å²) in [6, 6.07) is 0. The van der Waals surface area contributed by atoms with Crippen LogP contribution in [0.3, 0.4) is 0 Å². The zero-order chi connectivity index (χ0) is 4.28. The molecule has 5 heavy (non-hydrogen) atoms. The fourth-order valence-electron chi connectivity index (χ4n) is 0. The molecule has 0 radical (unpaired) electrons. The van der Waals surface area contributed by atoms with E-state index >= 15 is 0 Å². The van der Waals surface area contributed by atoms with Crippen molar-refractivity contribution in [2.45, 2.75) is 0 Å². The van der Waals surface area contributed by atoms with Crippen molar-refractivity contribution in [1.82, 2.24) is 0 Å². The molecule has 0 rings (SSSR count). The second kappa shape index (κ2) is 2.67. The summed E-state index contributed by atoms with van der Waals surface area (Å²) in [6.07, 6.45) is 0. The van der Waals surface area contributed by atoms with Gasteiger partial charge in [0, 0.05) is 4.99 Å². The molecule has 0 saturated carbocycles. The highest BCUT2D eigenvalue weighted by Gasteiger charge is 1.72. The van der Waals surface area contributed by atoms with Crippen LogP contribution >= 0.6 is 27.5 Å². The zero-order valence-corrected chi connectivity index (χ0v) is 4.55. The lowest BCUT2D eigenvalue weighted by atomic mass is 11.2. The molecule has 0 unspecified atom stereocenters. The molecule has 0 fully saturated rings. The van der Waals surface area contributed by atoms with E-state index in [1.807, 2.05) is 0 Å². The second-order valence-electron chi connectivity index (χ2n) is 0.399. The number of halogens is 3. The predicted octanol–water partition coefficient (Wildman–Crippen LogP) is 2.39. The lowest BCUT2D eigenvalue weighted by Gasteiger charge is -1.63. The molecule has 0 spiro atoms. The van der Waals surface area contributed by atoms with Gasteiger partial charge in [-0.15, -0.1) is 0 Å². The molecule has 0 nitrogen and oxygen atoms in total. The van der Waals surface area contributed by atoms with E-state index < -0.39 is 5.29 Å². The number of rotatable bonds is 0. The van der Waals surface area contributed by atoms with E-state index in [4.69, 9.17) is 0 Å². The molecule has 0 atom stereocenters. The van der Waals surface area contributed by atoms with Gasteiger partial charge in [0.25, 0.3) is 0 Å². The van der Waals surface area contributed by atoms with Crippen LogP contribution in [0, 0.1) is 0 Å². The van der Waals surface area contributed by atoms with Gasteiger partial charge in [-0.25, -0.2) is 0 Å². The van der Waals surface area contributed by atoms with E-state index in [1.165, 1.54) is 0 Å². The van der Waals surface area contributed by atoms with Crippen LogP contribution in [-0.2, 0) is 0 Å². The maximum Gasteiger partial charge on any atom is 0.195 e. The van der Waals surface area contributed by atoms with Crippen molar-refractivity contribution in [1.29, 1.82) is 0 Å². The van der Waals surface area contributed by atoms with Crippen LogP contribution in [0.5, 0.6) is 0 Å². The highest BCUT2D eigenvalue weighted by Crippen LogP contribution is 2.02. The average Bonchev–Trinajstić information content (AvgIpc) is 1.38. The third-order valence-corrected chi connectivity index (χ3v) is 0.857. The third-order valence-electron chi connectivity index (χ3n) is 0.0825. The van der Waals surface area contributed by atoms with Gasteiger partial charge in [-0.2, -0.15) is 4.39 Å². The van der Waals surface area contributed by atoms with Crippen LogP contribution in [0.4, 0.5) is 4.39 Å². The highest BCUT2D eigenvalue weighted by molar-refractivity contribution is 9.11. The van der Waals surface area contributed by atoms with Gasteiger partial charge in [-0.1, -0.05) is 27.5 Å². The van der Waals surface area contributed by atoms with Crippen LogP contribution in [0.15, 0.2) is 10.3 Å². The second-order valence-corrected chi connectivity index (χ2v) is 1.22. The number of hydrogen-bond donors (Lipinski definition) is 0. The van der Waals surface area contributed by atoms with Gasteiger partial charge in [0.05, 0.1) is 0 Å². The van der Waals surface area contributed by atoms with Crippen LogP contribution in [0.25, 0.3) is 0 Å². The van der Waals surface area contributed by atoms with E-state index in [0.29, 0.717) is 0 Å². The van der Waals surface area contributed by atoms with Crippen molar-refractivity contribution < 1.29 is 4.39 Å². The van der Waals surface area contributed by atoms with Crippen molar-refractivity contribution in [3.8, 4) is 0 Å². The molecule has 0 N–H and O–H groups in total. The standard InChI is InChI=1S/C2HBrClF/c3-1-2(4)5/h1H/b2-1+. The Morgan fingerprint density at radius 1 is 2.00 bits per heavy atom. The fourth-order valence-corrected chi connectivity index (χ4v) is 0. The first-order valence-corrected chi connectivity index (χ1v) is 2.18. The monoisotopic (exact) mass is 158 g/mol. The summed E-state index contributed by atoms with van der Waals surface area (Å²) in [5.74, 6) is 0. The van der Waals surface area contributed by atoms with Gasteiger partial charge in [-0.3, -0.25) is 0 Å². The topological polar surface area (TPSA) is 0 Å². The van der Waals surface area contributed by atoms with Crippen molar-refractivity contribution in [3.05, 3.63) is 10.3 Å². The molecule has 3 heteroatoms. The summed E-state index contributed by atoms with van der Waals surface area (Å²) in [5, 5.41) is -0.731. The Hall–Kier alpha value is 0.440.